The number of rotatable bonds is 3. The maximum Gasteiger partial charge on any atom is 0.354 e. The number of nitrogens with zero attached hydrogens (tertiary/aromatic N) is 3. The smallest absolute Gasteiger partial charge is 0.354 e. The van der Waals surface area contributed by atoms with Crippen molar-refractivity contribution in [3.8, 4) is 0 Å². The Morgan fingerprint density at radius 3 is 2.41 bits per heavy atom. The van der Waals surface area contributed by atoms with Crippen molar-refractivity contribution in [2.45, 2.75) is 38.5 Å². The number of hydrogen-bond acceptors (Lipinski definition) is 4. The van der Waals surface area contributed by atoms with E-state index in [-0.39, 0.29) is 22.9 Å². The lowest BCUT2D eigenvalue weighted by Crippen LogP contribution is -2.42. The Kier molecular flexibility index (Phi) is 4.61. The maximum atomic E-state index is 12.8. The molecule has 2 saturated heterocycles. The second-order valence-electron chi connectivity index (χ2n) is 8.03. The molecule has 144 valence electrons. The molecular formula is C20H25N3O4. The first-order chi connectivity index (χ1) is 13.0. The summed E-state index contributed by atoms with van der Waals surface area (Å²) in [6, 6.07) is 2.88. The van der Waals surface area contributed by atoms with E-state index in [1.165, 1.54) is 18.7 Å². The zero-order valence-electron chi connectivity index (χ0n) is 15.4. The van der Waals surface area contributed by atoms with Gasteiger partial charge in [-0.25, -0.2) is 9.78 Å². The number of carbonyl (C=O) groups excluding carboxylic acids is 2. The molecule has 0 radical (unpaired) electrons. The molecular weight excluding hydrogens is 346 g/mol. The molecule has 3 heterocycles. The zero-order valence-corrected chi connectivity index (χ0v) is 15.4. The lowest BCUT2D eigenvalue weighted by molar-refractivity contribution is -0.134. The highest BCUT2D eigenvalue weighted by atomic mass is 16.4. The van der Waals surface area contributed by atoms with Crippen LogP contribution in [-0.4, -0.2) is 63.9 Å². The third-order valence-corrected chi connectivity index (χ3v) is 6.43. The van der Waals surface area contributed by atoms with Crippen LogP contribution in [0.4, 0.5) is 0 Å². The molecule has 7 nitrogen and oxygen atoms in total. The number of likely N-dealkylation sites (tertiary alicyclic amines) is 2. The van der Waals surface area contributed by atoms with E-state index in [9.17, 15) is 14.4 Å². The normalized spacial score (nSPS) is 23.9. The van der Waals surface area contributed by atoms with Crippen molar-refractivity contribution < 1.29 is 19.5 Å². The summed E-state index contributed by atoms with van der Waals surface area (Å²) in [6.45, 7) is 3.02. The van der Waals surface area contributed by atoms with Crippen LogP contribution in [0, 0.1) is 11.3 Å². The van der Waals surface area contributed by atoms with Crippen molar-refractivity contribution in [3.63, 3.8) is 0 Å². The summed E-state index contributed by atoms with van der Waals surface area (Å²) in [5.41, 5.74) is 0.314. The van der Waals surface area contributed by atoms with E-state index in [4.69, 9.17) is 5.11 Å². The largest absolute Gasteiger partial charge is 0.477 e. The number of carboxylic acid groups (broad SMARTS) is 1. The monoisotopic (exact) mass is 371 g/mol. The van der Waals surface area contributed by atoms with E-state index in [1.807, 2.05) is 4.90 Å². The number of piperidine rings is 2. The van der Waals surface area contributed by atoms with Crippen LogP contribution in [0.2, 0.25) is 0 Å². The molecule has 3 fully saturated rings. The van der Waals surface area contributed by atoms with Gasteiger partial charge in [0.15, 0.2) is 0 Å². The van der Waals surface area contributed by atoms with Crippen LogP contribution in [-0.2, 0) is 4.79 Å². The number of hydrogen-bond donors (Lipinski definition) is 1. The fourth-order valence-corrected chi connectivity index (χ4v) is 4.60. The molecule has 2 amide bonds. The predicted octanol–water partition coefficient (Wildman–Crippen LogP) is 2.03. The number of carboxylic acids is 1. The molecule has 1 unspecified atom stereocenters. The van der Waals surface area contributed by atoms with Crippen molar-refractivity contribution in [2.75, 3.05) is 26.2 Å². The molecule has 27 heavy (non-hydrogen) atoms. The van der Waals surface area contributed by atoms with Gasteiger partial charge in [-0.2, -0.15) is 0 Å². The number of amides is 2. The van der Waals surface area contributed by atoms with Crippen molar-refractivity contribution in [1.82, 2.24) is 14.8 Å². The quantitative estimate of drug-likeness (QED) is 0.878. The van der Waals surface area contributed by atoms with Gasteiger partial charge in [0, 0.05) is 43.9 Å². The minimum Gasteiger partial charge on any atom is -0.477 e. The van der Waals surface area contributed by atoms with Crippen LogP contribution in [0.25, 0.3) is 0 Å². The van der Waals surface area contributed by atoms with E-state index >= 15 is 0 Å². The Hall–Kier alpha value is -2.44. The Morgan fingerprint density at radius 1 is 1.04 bits per heavy atom. The van der Waals surface area contributed by atoms with Crippen molar-refractivity contribution in [2.24, 2.45) is 11.3 Å². The molecule has 7 heteroatoms. The summed E-state index contributed by atoms with van der Waals surface area (Å²) in [6.07, 6.45) is 7.43. The van der Waals surface area contributed by atoms with Crippen molar-refractivity contribution >= 4 is 17.8 Å². The van der Waals surface area contributed by atoms with Gasteiger partial charge in [-0.15, -0.1) is 0 Å². The highest BCUT2D eigenvalue weighted by Crippen LogP contribution is 2.60. The Morgan fingerprint density at radius 2 is 1.74 bits per heavy atom. The van der Waals surface area contributed by atoms with Gasteiger partial charge >= 0.3 is 5.97 Å². The third kappa shape index (κ3) is 3.42. The Labute approximate surface area is 158 Å². The summed E-state index contributed by atoms with van der Waals surface area (Å²) in [5, 5.41) is 9.04. The van der Waals surface area contributed by atoms with Gasteiger partial charge in [-0.1, -0.05) is 0 Å². The van der Waals surface area contributed by atoms with Gasteiger partial charge in [0.1, 0.15) is 5.69 Å². The molecule has 2 aliphatic heterocycles. The minimum atomic E-state index is -1.14. The van der Waals surface area contributed by atoms with Gasteiger partial charge in [-0.05, 0) is 56.1 Å². The maximum absolute atomic E-state index is 12.8. The van der Waals surface area contributed by atoms with Crippen LogP contribution >= 0.6 is 0 Å². The first-order valence-electron chi connectivity index (χ1n) is 9.78. The molecule has 1 spiro atoms. The fourth-order valence-electron chi connectivity index (χ4n) is 4.60. The summed E-state index contributed by atoms with van der Waals surface area (Å²) in [4.78, 5) is 44.1. The molecule has 1 aromatic rings. The summed E-state index contributed by atoms with van der Waals surface area (Å²) in [7, 11) is 0. The van der Waals surface area contributed by atoms with E-state index in [0.717, 1.165) is 45.2 Å². The lowest BCUT2D eigenvalue weighted by Gasteiger charge is -2.34. The zero-order chi connectivity index (χ0) is 19.0. The summed E-state index contributed by atoms with van der Waals surface area (Å²) < 4.78 is 0. The van der Waals surface area contributed by atoms with Gasteiger partial charge in [-0.3, -0.25) is 9.59 Å². The topological polar surface area (TPSA) is 90.8 Å². The van der Waals surface area contributed by atoms with Crippen LogP contribution in [0.15, 0.2) is 18.3 Å². The number of pyridine rings is 1. The van der Waals surface area contributed by atoms with Gasteiger partial charge in [0.25, 0.3) is 5.91 Å². The van der Waals surface area contributed by atoms with E-state index in [0.29, 0.717) is 24.6 Å². The Balaban J connectivity index is 1.35. The van der Waals surface area contributed by atoms with Crippen molar-refractivity contribution in [3.05, 3.63) is 29.6 Å². The average Bonchev–Trinajstić information content (AvgIpc) is 3.41. The fraction of sp³-hybridized carbons (Fsp3) is 0.600. The average molecular weight is 371 g/mol. The van der Waals surface area contributed by atoms with Crippen LogP contribution < -0.4 is 0 Å². The first kappa shape index (κ1) is 17.9. The van der Waals surface area contributed by atoms with Gasteiger partial charge < -0.3 is 14.9 Å². The second kappa shape index (κ2) is 6.94. The lowest BCUT2D eigenvalue weighted by atomic mass is 9.90. The summed E-state index contributed by atoms with van der Waals surface area (Å²) in [5.74, 6) is -0.851. The number of aromatic carboxylic acids is 1. The van der Waals surface area contributed by atoms with Crippen LogP contribution in [0.3, 0.4) is 0 Å². The molecule has 1 saturated carbocycles. The van der Waals surface area contributed by atoms with Gasteiger partial charge in [0.05, 0.1) is 0 Å². The van der Waals surface area contributed by atoms with E-state index < -0.39 is 5.97 Å². The standard InChI is InChI=1S/C20H25N3O4/c24-17(14-4-7-21-16(12-14)19(26)27)23-10-5-20(6-11-23)13-15(20)18(25)22-8-2-1-3-9-22/h4,7,12,15H,1-3,5-6,8-11,13H2,(H,26,27). The second-order valence-corrected chi connectivity index (χ2v) is 8.03. The molecule has 1 N–H and O–H groups in total. The van der Waals surface area contributed by atoms with Crippen LogP contribution in [0.1, 0.15) is 59.4 Å². The van der Waals surface area contributed by atoms with E-state index in [1.54, 1.807) is 11.0 Å². The molecule has 1 aliphatic carbocycles. The van der Waals surface area contributed by atoms with Crippen LogP contribution in [0.5, 0.6) is 0 Å². The summed E-state index contributed by atoms with van der Waals surface area (Å²) >= 11 is 0. The SMILES string of the molecule is O=C(O)c1cc(C(=O)N2CCC3(CC2)CC3C(=O)N2CCCCC2)ccn1. The molecule has 0 aromatic carbocycles. The van der Waals surface area contributed by atoms with Gasteiger partial charge in [0.2, 0.25) is 5.91 Å². The highest BCUT2D eigenvalue weighted by Gasteiger charge is 2.59. The predicted molar refractivity (Wildman–Crippen MR) is 97.3 cm³/mol. The number of carbonyl (C=O) groups is 3. The first-order valence-corrected chi connectivity index (χ1v) is 9.78. The third-order valence-electron chi connectivity index (χ3n) is 6.43. The molecule has 3 aliphatic rings. The highest BCUT2D eigenvalue weighted by molar-refractivity contribution is 5.96. The molecule has 4 rings (SSSR count). The number of aromatic nitrogens is 1. The van der Waals surface area contributed by atoms with E-state index in [2.05, 4.69) is 4.98 Å². The van der Waals surface area contributed by atoms with Crippen molar-refractivity contribution in [1.29, 1.82) is 0 Å². The minimum absolute atomic E-state index is 0.0791. The molecule has 1 atom stereocenters. The molecule has 0 bridgehead atoms. The molecule has 1 aromatic heterocycles. The Bertz CT molecular complexity index is 764.